The van der Waals surface area contributed by atoms with Gasteiger partial charge in [-0.1, -0.05) is 24.3 Å². The van der Waals surface area contributed by atoms with Gasteiger partial charge in [0.25, 0.3) is 0 Å². The van der Waals surface area contributed by atoms with Crippen LogP contribution in [-0.4, -0.2) is 69.6 Å². The molecule has 0 spiro atoms. The largest absolute Gasteiger partial charge is 0.508 e. The third-order valence-corrected chi connectivity index (χ3v) is 5.46. The number of amides is 4. The Labute approximate surface area is 218 Å². The van der Waals surface area contributed by atoms with Gasteiger partial charge in [-0.3, -0.25) is 24.0 Å². The number of hydrogen-bond acceptors (Lipinski definition) is 8. The van der Waals surface area contributed by atoms with Gasteiger partial charge in [-0.05, 0) is 48.2 Å². The van der Waals surface area contributed by atoms with Crippen LogP contribution in [0.15, 0.2) is 48.5 Å². The Morgan fingerprint density at radius 1 is 0.737 bits per heavy atom. The second-order valence-electron chi connectivity index (χ2n) is 8.59. The first-order valence-electron chi connectivity index (χ1n) is 11.6. The van der Waals surface area contributed by atoms with E-state index in [0.717, 1.165) is 0 Å². The van der Waals surface area contributed by atoms with Crippen molar-refractivity contribution in [3.63, 3.8) is 0 Å². The summed E-state index contributed by atoms with van der Waals surface area (Å²) in [6.07, 6.45) is -0.396. The highest BCUT2D eigenvalue weighted by Crippen LogP contribution is 2.13. The zero-order valence-corrected chi connectivity index (χ0v) is 20.4. The Bertz CT molecular complexity index is 1140. The zero-order chi connectivity index (χ0) is 28.2. The van der Waals surface area contributed by atoms with Gasteiger partial charge >= 0.3 is 5.97 Å². The van der Waals surface area contributed by atoms with Gasteiger partial charge in [0.15, 0.2) is 0 Å². The molecule has 0 aromatic heterocycles. The number of primary amides is 1. The lowest BCUT2D eigenvalue weighted by atomic mass is 10.0. The molecule has 2 rings (SSSR count). The van der Waals surface area contributed by atoms with E-state index in [-0.39, 0.29) is 37.2 Å². The Hall–Kier alpha value is -4.65. The van der Waals surface area contributed by atoms with Crippen molar-refractivity contribution in [3.8, 4) is 11.5 Å². The summed E-state index contributed by atoms with van der Waals surface area (Å²) in [5.41, 5.74) is 12.4. The Morgan fingerprint density at radius 3 is 1.74 bits per heavy atom. The second kappa shape index (κ2) is 14.2. The van der Waals surface area contributed by atoms with Crippen molar-refractivity contribution in [3.05, 3.63) is 59.7 Å². The molecule has 204 valence electrons. The minimum Gasteiger partial charge on any atom is -0.508 e. The maximum absolute atomic E-state index is 13.1. The van der Waals surface area contributed by atoms with E-state index in [1.54, 1.807) is 12.1 Å². The Kier molecular flexibility index (Phi) is 11.0. The minimum atomic E-state index is -1.29. The number of aromatic hydroxyl groups is 2. The number of aliphatic carboxylic acids is 1. The third-order valence-electron chi connectivity index (χ3n) is 5.46. The molecule has 4 amide bonds. The summed E-state index contributed by atoms with van der Waals surface area (Å²) in [5, 5.41) is 34.9. The van der Waals surface area contributed by atoms with Crippen molar-refractivity contribution in [2.45, 2.75) is 43.8 Å². The van der Waals surface area contributed by atoms with Crippen molar-refractivity contribution < 1.29 is 39.3 Å². The first-order chi connectivity index (χ1) is 17.9. The lowest BCUT2D eigenvalue weighted by molar-refractivity contribution is -0.138. The Morgan fingerprint density at radius 2 is 1.24 bits per heavy atom. The van der Waals surface area contributed by atoms with E-state index in [0.29, 0.717) is 11.1 Å². The number of hydrogen-bond donors (Lipinski definition) is 8. The number of nitrogens with one attached hydrogen (secondary N) is 3. The van der Waals surface area contributed by atoms with Crippen molar-refractivity contribution in [1.29, 1.82) is 0 Å². The highest BCUT2D eigenvalue weighted by molar-refractivity contribution is 5.94. The highest BCUT2D eigenvalue weighted by Gasteiger charge is 2.29. The van der Waals surface area contributed by atoms with Crippen LogP contribution >= 0.6 is 0 Å². The predicted molar refractivity (Wildman–Crippen MR) is 135 cm³/mol. The zero-order valence-electron chi connectivity index (χ0n) is 20.4. The first-order valence-corrected chi connectivity index (χ1v) is 11.6. The number of phenolic OH excluding ortho intramolecular Hbond substituents is 2. The van der Waals surface area contributed by atoms with Crippen LogP contribution in [0, 0.1) is 0 Å². The van der Waals surface area contributed by atoms with E-state index in [4.69, 9.17) is 16.6 Å². The van der Waals surface area contributed by atoms with Crippen LogP contribution in [0.1, 0.15) is 24.0 Å². The van der Waals surface area contributed by atoms with Crippen LogP contribution in [0.3, 0.4) is 0 Å². The van der Waals surface area contributed by atoms with Gasteiger partial charge in [-0.25, -0.2) is 0 Å². The molecule has 0 aliphatic heterocycles. The summed E-state index contributed by atoms with van der Waals surface area (Å²) in [5.74, 6) is -4.28. The number of carboxylic acid groups (broad SMARTS) is 1. The molecule has 0 radical (unpaired) electrons. The Balaban J connectivity index is 2.16. The van der Waals surface area contributed by atoms with E-state index in [1.165, 1.54) is 36.4 Å². The molecule has 13 nitrogen and oxygen atoms in total. The molecule has 0 saturated heterocycles. The average molecular weight is 530 g/mol. The fourth-order valence-corrected chi connectivity index (χ4v) is 3.45. The maximum atomic E-state index is 13.1. The molecule has 0 aliphatic rings. The van der Waals surface area contributed by atoms with Crippen molar-refractivity contribution in [2.24, 2.45) is 11.5 Å². The highest BCUT2D eigenvalue weighted by atomic mass is 16.4. The molecule has 3 unspecified atom stereocenters. The average Bonchev–Trinajstić information content (AvgIpc) is 2.86. The molecule has 0 aliphatic carbocycles. The standard InChI is InChI=1S/C25H31N5O8/c26-18(11-14-1-5-16(31)6-2-14)23(36)29-19(9-10-21(27)33)25(38)30-20(24(37)28-13-22(34)35)12-15-3-7-17(32)8-4-15/h1-8,18-20,31-32H,9-13,26H2,(H2,27,33)(H,28,37)(H,29,36)(H,30,38)(H,34,35). The van der Waals surface area contributed by atoms with Crippen LogP contribution in [-0.2, 0) is 36.8 Å². The van der Waals surface area contributed by atoms with Gasteiger partial charge in [0.2, 0.25) is 23.6 Å². The number of nitrogens with two attached hydrogens (primary N) is 2. The molecule has 13 heteroatoms. The van der Waals surface area contributed by atoms with Crippen LogP contribution in [0.25, 0.3) is 0 Å². The van der Waals surface area contributed by atoms with E-state index < -0.39 is 54.3 Å². The summed E-state index contributed by atoms with van der Waals surface area (Å²) in [7, 11) is 0. The molecule has 38 heavy (non-hydrogen) atoms. The van der Waals surface area contributed by atoms with E-state index in [9.17, 15) is 34.2 Å². The molecule has 2 aromatic rings. The van der Waals surface area contributed by atoms with Gasteiger partial charge in [0.1, 0.15) is 30.1 Å². The first kappa shape index (κ1) is 29.6. The molecule has 10 N–H and O–H groups in total. The molecule has 2 aromatic carbocycles. The van der Waals surface area contributed by atoms with Crippen molar-refractivity contribution in [2.75, 3.05) is 6.54 Å². The second-order valence-corrected chi connectivity index (χ2v) is 8.59. The predicted octanol–water partition coefficient (Wildman–Crippen LogP) is -1.35. The summed E-state index contributed by atoms with van der Waals surface area (Å²) >= 11 is 0. The van der Waals surface area contributed by atoms with Gasteiger partial charge < -0.3 is 42.7 Å². The van der Waals surface area contributed by atoms with Crippen LogP contribution in [0.4, 0.5) is 0 Å². The SMILES string of the molecule is NC(=O)CCC(NC(=O)C(N)Cc1ccc(O)cc1)C(=O)NC(Cc1ccc(O)cc1)C(=O)NCC(=O)O. The quantitative estimate of drug-likeness (QED) is 0.144. The number of carboxylic acids is 1. The van der Waals surface area contributed by atoms with Gasteiger partial charge in [0.05, 0.1) is 6.04 Å². The maximum Gasteiger partial charge on any atom is 0.322 e. The van der Waals surface area contributed by atoms with Gasteiger partial charge in [-0.2, -0.15) is 0 Å². The van der Waals surface area contributed by atoms with E-state index >= 15 is 0 Å². The summed E-state index contributed by atoms with van der Waals surface area (Å²) in [4.78, 5) is 60.8. The number of phenols is 2. The number of benzene rings is 2. The molecule has 3 atom stereocenters. The van der Waals surface area contributed by atoms with Crippen LogP contribution in [0.5, 0.6) is 11.5 Å². The van der Waals surface area contributed by atoms with Crippen LogP contribution < -0.4 is 27.4 Å². The molecule has 0 fully saturated rings. The molecule has 0 heterocycles. The molecular formula is C25H31N5O8. The number of rotatable bonds is 14. The van der Waals surface area contributed by atoms with Gasteiger partial charge in [-0.15, -0.1) is 0 Å². The number of carbonyl (C=O) groups excluding carboxylic acids is 4. The molecular weight excluding hydrogens is 498 g/mol. The van der Waals surface area contributed by atoms with Crippen molar-refractivity contribution >= 4 is 29.6 Å². The topological polar surface area (TPSA) is 234 Å². The van der Waals surface area contributed by atoms with Crippen molar-refractivity contribution in [1.82, 2.24) is 16.0 Å². The summed E-state index contributed by atoms with van der Waals surface area (Å²) in [6.45, 7) is -0.686. The summed E-state index contributed by atoms with van der Waals surface area (Å²) in [6, 6.07) is 8.26. The smallest absolute Gasteiger partial charge is 0.322 e. The monoisotopic (exact) mass is 529 g/mol. The third kappa shape index (κ3) is 10.1. The normalized spacial score (nSPS) is 13.0. The molecule has 0 saturated carbocycles. The summed E-state index contributed by atoms with van der Waals surface area (Å²) < 4.78 is 0. The van der Waals surface area contributed by atoms with E-state index in [1.807, 2.05) is 0 Å². The van der Waals surface area contributed by atoms with Crippen LogP contribution in [0.2, 0.25) is 0 Å². The lowest BCUT2D eigenvalue weighted by Crippen LogP contribution is -2.56. The molecule has 0 bridgehead atoms. The lowest BCUT2D eigenvalue weighted by Gasteiger charge is -2.24. The fourth-order valence-electron chi connectivity index (χ4n) is 3.45. The van der Waals surface area contributed by atoms with Gasteiger partial charge in [0, 0.05) is 12.8 Å². The minimum absolute atomic E-state index is 0.0115. The number of carbonyl (C=O) groups is 5. The fraction of sp³-hybridized carbons (Fsp3) is 0.320. The van der Waals surface area contributed by atoms with E-state index in [2.05, 4.69) is 16.0 Å².